The van der Waals surface area contributed by atoms with Crippen LogP contribution in [0.25, 0.3) is 0 Å². The molecule has 0 aliphatic carbocycles. The molecule has 2 aromatic rings. The number of hydrogen-bond donors (Lipinski definition) is 0. The molecule has 0 spiro atoms. The Bertz CT molecular complexity index is 611. The maximum atomic E-state index is 10.7. The summed E-state index contributed by atoms with van der Waals surface area (Å²) in [5, 5.41) is 0. The highest BCUT2D eigenvalue weighted by molar-refractivity contribution is 5.76. The van der Waals surface area contributed by atoms with Crippen LogP contribution in [0.4, 0.5) is 0 Å². The summed E-state index contributed by atoms with van der Waals surface area (Å²) in [7, 11) is 3.29. The Morgan fingerprint density at radius 3 is 1.19 bits per heavy atom. The summed E-state index contributed by atoms with van der Waals surface area (Å²) in [6.07, 6.45) is 2.87. The summed E-state index contributed by atoms with van der Waals surface area (Å²) in [5.41, 5.74) is 2.35. The Hall–Kier alpha value is -2.62. The molecule has 0 amide bonds. The van der Waals surface area contributed by atoms with Crippen molar-refractivity contribution in [3.8, 4) is 11.5 Å². The number of aryl methyl sites for hydroxylation is 2. The Morgan fingerprint density at radius 2 is 0.962 bits per heavy atom. The van der Waals surface area contributed by atoms with Crippen molar-refractivity contribution in [2.75, 3.05) is 14.2 Å². The lowest BCUT2D eigenvalue weighted by molar-refractivity contribution is -0.117. The zero-order valence-electron chi connectivity index (χ0n) is 16.1. The van der Waals surface area contributed by atoms with Gasteiger partial charge in [-0.3, -0.25) is 0 Å². The minimum atomic E-state index is 0.232. The fraction of sp³-hybridized carbons (Fsp3) is 0.364. The van der Waals surface area contributed by atoms with E-state index in [0.717, 1.165) is 24.3 Å². The predicted octanol–water partition coefficient (Wildman–Crippen LogP) is 4.43. The Balaban J connectivity index is 0.000000260. The maximum Gasteiger partial charge on any atom is 0.130 e. The zero-order valence-corrected chi connectivity index (χ0v) is 16.1. The second-order valence-corrected chi connectivity index (χ2v) is 6.10. The first-order chi connectivity index (χ1) is 12.4. The van der Waals surface area contributed by atoms with Gasteiger partial charge in [-0.25, -0.2) is 0 Å². The first-order valence-electron chi connectivity index (χ1n) is 8.69. The summed E-state index contributed by atoms with van der Waals surface area (Å²) in [6.45, 7) is 3.23. The van der Waals surface area contributed by atoms with E-state index in [2.05, 4.69) is 0 Å². The monoisotopic (exact) mass is 356 g/mol. The van der Waals surface area contributed by atoms with E-state index in [9.17, 15) is 9.59 Å². The first kappa shape index (κ1) is 21.4. The molecular weight excluding hydrogens is 328 g/mol. The third-order valence-corrected chi connectivity index (χ3v) is 3.85. The van der Waals surface area contributed by atoms with Gasteiger partial charge in [-0.1, -0.05) is 24.3 Å². The van der Waals surface area contributed by atoms with Crippen molar-refractivity contribution in [1.82, 2.24) is 0 Å². The molecule has 0 aliphatic rings. The smallest absolute Gasteiger partial charge is 0.130 e. The molecule has 0 aliphatic heterocycles. The van der Waals surface area contributed by atoms with Crippen molar-refractivity contribution < 1.29 is 19.1 Å². The summed E-state index contributed by atoms with van der Waals surface area (Å²) >= 11 is 0. The molecule has 26 heavy (non-hydrogen) atoms. The molecular formula is C22H28O4. The van der Waals surface area contributed by atoms with E-state index < -0.39 is 0 Å². The van der Waals surface area contributed by atoms with Gasteiger partial charge in [-0.05, 0) is 62.1 Å². The van der Waals surface area contributed by atoms with E-state index in [0.29, 0.717) is 12.8 Å². The van der Waals surface area contributed by atoms with Gasteiger partial charge in [-0.2, -0.15) is 0 Å². The van der Waals surface area contributed by atoms with Crippen LogP contribution in [-0.4, -0.2) is 25.8 Å². The first-order valence-corrected chi connectivity index (χ1v) is 8.69. The van der Waals surface area contributed by atoms with Crippen molar-refractivity contribution in [3.63, 3.8) is 0 Å². The Labute approximate surface area is 156 Å². The van der Waals surface area contributed by atoms with Crippen LogP contribution in [0.15, 0.2) is 48.5 Å². The molecule has 0 fully saturated rings. The van der Waals surface area contributed by atoms with E-state index in [4.69, 9.17) is 9.47 Å². The lowest BCUT2D eigenvalue weighted by Gasteiger charge is -2.01. The lowest BCUT2D eigenvalue weighted by atomic mass is 10.1. The SMILES string of the molecule is COc1ccc(CCC(C)=O)cc1.COc1ccc(CCC(C)=O)cc1. The van der Waals surface area contributed by atoms with Crippen LogP contribution in [0, 0.1) is 0 Å². The minimum Gasteiger partial charge on any atom is -0.497 e. The second-order valence-electron chi connectivity index (χ2n) is 6.10. The number of carbonyl (C=O) groups excluding carboxylic acids is 2. The number of ketones is 2. The van der Waals surface area contributed by atoms with Crippen LogP contribution in [-0.2, 0) is 22.4 Å². The number of hydrogen-bond acceptors (Lipinski definition) is 4. The molecule has 0 atom stereocenters. The highest BCUT2D eigenvalue weighted by Crippen LogP contribution is 2.13. The number of benzene rings is 2. The van der Waals surface area contributed by atoms with Crippen LogP contribution >= 0.6 is 0 Å². The van der Waals surface area contributed by atoms with Crippen molar-refractivity contribution in [3.05, 3.63) is 59.7 Å². The van der Waals surface area contributed by atoms with Gasteiger partial charge in [0.1, 0.15) is 23.1 Å². The average Bonchev–Trinajstić information content (AvgIpc) is 2.66. The third kappa shape index (κ3) is 9.02. The Morgan fingerprint density at radius 1 is 0.654 bits per heavy atom. The average molecular weight is 356 g/mol. The highest BCUT2D eigenvalue weighted by Gasteiger charge is 1.97. The molecule has 0 aromatic heterocycles. The normalized spacial score (nSPS) is 9.69. The minimum absolute atomic E-state index is 0.232. The number of Topliss-reactive ketones (excluding diaryl/α,β-unsaturated/α-hetero) is 2. The molecule has 140 valence electrons. The van der Waals surface area contributed by atoms with E-state index in [1.54, 1.807) is 28.1 Å². The molecule has 2 rings (SSSR count). The fourth-order valence-corrected chi connectivity index (χ4v) is 2.23. The van der Waals surface area contributed by atoms with Crippen molar-refractivity contribution in [2.45, 2.75) is 39.5 Å². The zero-order chi connectivity index (χ0) is 19.4. The number of rotatable bonds is 8. The van der Waals surface area contributed by atoms with Gasteiger partial charge < -0.3 is 19.1 Å². The summed E-state index contributed by atoms with van der Waals surface area (Å²) < 4.78 is 10.1. The van der Waals surface area contributed by atoms with Gasteiger partial charge in [0.05, 0.1) is 14.2 Å². The van der Waals surface area contributed by atoms with Gasteiger partial charge in [0.15, 0.2) is 0 Å². The Kier molecular flexibility index (Phi) is 9.77. The molecule has 0 saturated heterocycles. The van der Waals surface area contributed by atoms with Crippen LogP contribution in [0.1, 0.15) is 37.8 Å². The van der Waals surface area contributed by atoms with E-state index in [1.807, 2.05) is 48.5 Å². The molecule has 0 bridgehead atoms. The van der Waals surface area contributed by atoms with Gasteiger partial charge in [0.2, 0.25) is 0 Å². The van der Waals surface area contributed by atoms with E-state index in [-0.39, 0.29) is 11.6 Å². The predicted molar refractivity (Wildman–Crippen MR) is 104 cm³/mol. The van der Waals surface area contributed by atoms with E-state index >= 15 is 0 Å². The third-order valence-electron chi connectivity index (χ3n) is 3.85. The molecule has 0 N–H and O–H groups in total. The summed E-state index contributed by atoms with van der Waals surface area (Å²) in [6, 6.07) is 15.6. The molecule has 0 unspecified atom stereocenters. The van der Waals surface area contributed by atoms with Crippen molar-refractivity contribution in [2.24, 2.45) is 0 Å². The second kappa shape index (κ2) is 11.9. The van der Waals surface area contributed by atoms with E-state index in [1.165, 1.54) is 11.1 Å². The van der Waals surface area contributed by atoms with Crippen LogP contribution in [0.2, 0.25) is 0 Å². The van der Waals surface area contributed by atoms with Crippen molar-refractivity contribution >= 4 is 11.6 Å². The molecule has 4 heteroatoms. The number of methoxy groups -OCH3 is 2. The van der Waals surface area contributed by atoms with Gasteiger partial charge in [0, 0.05) is 12.8 Å². The quantitative estimate of drug-likeness (QED) is 0.702. The van der Waals surface area contributed by atoms with Crippen LogP contribution in [0.3, 0.4) is 0 Å². The topological polar surface area (TPSA) is 52.6 Å². The molecule has 0 heterocycles. The summed E-state index contributed by atoms with van der Waals surface area (Å²) in [4.78, 5) is 21.4. The standard InChI is InChI=1S/2C11H14O2/c2*1-9(12)3-4-10-5-7-11(13-2)8-6-10/h2*5-8H,3-4H2,1-2H3. The van der Waals surface area contributed by atoms with Gasteiger partial charge in [-0.15, -0.1) is 0 Å². The summed E-state index contributed by atoms with van der Waals surface area (Å²) in [5.74, 6) is 2.17. The molecule has 4 nitrogen and oxygen atoms in total. The largest absolute Gasteiger partial charge is 0.497 e. The highest BCUT2D eigenvalue weighted by atomic mass is 16.5. The number of ether oxygens (including phenoxy) is 2. The molecule has 2 aromatic carbocycles. The van der Waals surface area contributed by atoms with Crippen LogP contribution < -0.4 is 9.47 Å². The fourth-order valence-electron chi connectivity index (χ4n) is 2.23. The molecule has 0 saturated carbocycles. The van der Waals surface area contributed by atoms with Crippen LogP contribution in [0.5, 0.6) is 11.5 Å². The maximum absolute atomic E-state index is 10.7. The lowest BCUT2D eigenvalue weighted by Crippen LogP contribution is -1.93. The molecule has 0 radical (unpaired) electrons. The van der Waals surface area contributed by atoms with Gasteiger partial charge in [0.25, 0.3) is 0 Å². The van der Waals surface area contributed by atoms with Gasteiger partial charge >= 0.3 is 0 Å². The number of carbonyl (C=O) groups is 2. The van der Waals surface area contributed by atoms with Crippen molar-refractivity contribution in [1.29, 1.82) is 0 Å².